The number of rotatable bonds is 3. The van der Waals surface area contributed by atoms with E-state index in [9.17, 15) is 0 Å². The molecule has 4 heteroatoms. The lowest BCUT2D eigenvalue weighted by atomic mass is 10.0. The maximum absolute atomic E-state index is 4.37. The number of nitrogens with zero attached hydrogens (tertiary/aromatic N) is 2. The fraction of sp³-hybridized carbons (Fsp3) is 0.750. The van der Waals surface area contributed by atoms with Crippen LogP contribution in [0.15, 0.2) is 10.9 Å². The molecule has 1 fully saturated rings. The third-order valence-electron chi connectivity index (χ3n) is 3.19. The van der Waals surface area contributed by atoms with Gasteiger partial charge in [-0.3, -0.25) is 4.90 Å². The van der Waals surface area contributed by atoms with Gasteiger partial charge in [-0.25, -0.2) is 4.98 Å². The molecule has 1 N–H and O–H groups in total. The highest BCUT2D eigenvalue weighted by molar-refractivity contribution is 7.07. The van der Waals surface area contributed by atoms with Crippen LogP contribution in [0.5, 0.6) is 0 Å². The maximum Gasteiger partial charge on any atom is 0.0795 e. The van der Waals surface area contributed by atoms with Crippen molar-refractivity contribution in [1.29, 1.82) is 0 Å². The van der Waals surface area contributed by atoms with Crippen molar-refractivity contribution in [3.05, 3.63) is 16.6 Å². The lowest BCUT2D eigenvalue weighted by molar-refractivity contribution is 0.236. The van der Waals surface area contributed by atoms with E-state index >= 15 is 0 Å². The van der Waals surface area contributed by atoms with E-state index in [1.165, 1.54) is 18.7 Å². The van der Waals surface area contributed by atoms with E-state index in [0.717, 1.165) is 19.6 Å². The average Bonchev–Trinajstić information content (AvgIpc) is 2.62. The lowest BCUT2D eigenvalue weighted by Crippen LogP contribution is -2.41. The first-order valence-corrected chi connectivity index (χ1v) is 7.03. The molecule has 0 spiro atoms. The van der Waals surface area contributed by atoms with Crippen LogP contribution in [0, 0.1) is 5.92 Å². The van der Waals surface area contributed by atoms with Gasteiger partial charge in [-0.05, 0) is 25.4 Å². The Morgan fingerprint density at radius 2 is 2.50 bits per heavy atom. The Morgan fingerprint density at radius 3 is 3.19 bits per heavy atom. The molecular formula is C12H21N3S. The van der Waals surface area contributed by atoms with E-state index in [1.54, 1.807) is 11.3 Å². The molecule has 1 aliphatic heterocycles. The summed E-state index contributed by atoms with van der Waals surface area (Å²) in [6.07, 6.45) is 1.24. The van der Waals surface area contributed by atoms with Crippen molar-refractivity contribution in [2.24, 2.45) is 5.92 Å². The quantitative estimate of drug-likeness (QED) is 0.874. The smallest absolute Gasteiger partial charge is 0.0795 e. The SMILES string of the molecule is CC(C)C1CN(Cc2cscn2)CCCN1. The molecule has 0 saturated carbocycles. The van der Waals surface area contributed by atoms with Crippen LogP contribution in [0.4, 0.5) is 0 Å². The summed E-state index contributed by atoms with van der Waals surface area (Å²) in [5.41, 5.74) is 3.14. The van der Waals surface area contributed by atoms with Crippen molar-refractivity contribution in [3.8, 4) is 0 Å². The Kier molecular flexibility index (Phi) is 4.32. The van der Waals surface area contributed by atoms with Crippen molar-refractivity contribution in [3.63, 3.8) is 0 Å². The fourth-order valence-corrected chi connectivity index (χ4v) is 2.71. The minimum atomic E-state index is 0.626. The van der Waals surface area contributed by atoms with E-state index in [4.69, 9.17) is 0 Å². The predicted molar refractivity (Wildman–Crippen MR) is 68.6 cm³/mol. The van der Waals surface area contributed by atoms with Crippen LogP contribution in [-0.2, 0) is 6.54 Å². The molecule has 1 saturated heterocycles. The highest BCUT2D eigenvalue weighted by atomic mass is 32.1. The van der Waals surface area contributed by atoms with Crippen molar-refractivity contribution in [2.45, 2.75) is 32.9 Å². The van der Waals surface area contributed by atoms with Crippen LogP contribution in [0.2, 0.25) is 0 Å². The molecule has 1 aromatic heterocycles. The molecule has 0 aromatic carbocycles. The molecule has 1 unspecified atom stereocenters. The van der Waals surface area contributed by atoms with Gasteiger partial charge in [-0.1, -0.05) is 13.8 Å². The molecule has 2 rings (SSSR count). The second-order valence-electron chi connectivity index (χ2n) is 4.87. The highest BCUT2D eigenvalue weighted by Gasteiger charge is 2.20. The van der Waals surface area contributed by atoms with Crippen LogP contribution < -0.4 is 5.32 Å². The lowest BCUT2D eigenvalue weighted by Gasteiger charge is -2.26. The zero-order valence-electron chi connectivity index (χ0n) is 10.1. The van der Waals surface area contributed by atoms with Gasteiger partial charge in [0, 0.05) is 24.5 Å². The molecule has 0 radical (unpaired) electrons. The summed E-state index contributed by atoms with van der Waals surface area (Å²) < 4.78 is 0. The Morgan fingerprint density at radius 1 is 1.62 bits per heavy atom. The number of nitrogens with one attached hydrogen (secondary N) is 1. The zero-order valence-corrected chi connectivity index (χ0v) is 11.0. The van der Waals surface area contributed by atoms with Gasteiger partial charge in [0.25, 0.3) is 0 Å². The van der Waals surface area contributed by atoms with Crippen LogP contribution in [0.1, 0.15) is 26.0 Å². The molecule has 0 amide bonds. The Bertz CT molecular complexity index is 297. The van der Waals surface area contributed by atoms with Gasteiger partial charge in [0.2, 0.25) is 0 Å². The summed E-state index contributed by atoms with van der Waals surface area (Å²) in [5.74, 6) is 0.705. The molecular weight excluding hydrogens is 218 g/mol. The van der Waals surface area contributed by atoms with Crippen LogP contribution >= 0.6 is 11.3 Å². The molecule has 1 atom stereocenters. The molecule has 90 valence electrons. The van der Waals surface area contributed by atoms with E-state index < -0.39 is 0 Å². The molecule has 1 aromatic rings. The maximum atomic E-state index is 4.37. The molecule has 0 aliphatic carbocycles. The minimum absolute atomic E-state index is 0.626. The number of thiazole rings is 1. The monoisotopic (exact) mass is 239 g/mol. The summed E-state index contributed by atoms with van der Waals surface area (Å²) in [4.78, 5) is 6.89. The van der Waals surface area contributed by atoms with E-state index in [1.807, 2.05) is 5.51 Å². The molecule has 3 nitrogen and oxygen atoms in total. The van der Waals surface area contributed by atoms with Crippen LogP contribution in [0.3, 0.4) is 0 Å². The number of hydrogen-bond donors (Lipinski definition) is 1. The Balaban J connectivity index is 1.92. The zero-order chi connectivity index (χ0) is 11.4. The second kappa shape index (κ2) is 5.75. The van der Waals surface area contributed by atoms with Crippen LogP contribution in [0.25, 0.3) is 0 Å². The van der Waals surface area contributed by atoms with Crippen molar-refractivity contribution in [1.82, 2.24) is 15.2 Å². The average molecular weight is 239 g/mol. The normalized spacial score (nSPS) is 23.6. The molecule has 0 bridgehead atoms. The Hall–Kier alpha value is -0.450. The summed E-state index contributed by atoms with van der Waals surface area (Å²) >= 11 is 1.69. The van der Waals surface area contributed by atoms with E-state index in [2.05, 4.69) is 34.4 Å². The van der Waals surface area contributed by atoms with Gasteiger partial charge in [0.05, 0.1) is 11.2 Å². The predicted octanol–water partition coefficient (Wildman–Crippen LogP) is 1.96. The minimum Gasteiger partial charge on any atom is -0.312 e. The highest BCUT2D eigenvalue weighted by Crippen LogP contribution is 2.12. The van der Waals surface area contributed by atoms with E-state index in [-0.39, 0.29) is 0 Å². The third kappa shape index (κ3) is 3.27. The second-order valence-corrected chi connectivity index (χ2v) is 5.59. The fourth-order valence-electron chi connectivity index (χ4n) is 2.16. The summed E-state index contributed by atoms with van der Waals surface area (Å²) in [5, 5.41) is 5.79. The third-order valence-corrected chi connectivity index (χ3v) is 3.82. The first kappa shape index (κ1) is 12.0. The van der Waals surface area contributed by atoms with Crippen molar-refractivity contribution in [2.75, 3.05) is 19.6 Å². The summed E-state index contributed by atoms with van der Waals surface area (Å²) in [6.45, 7) is 9.09. The van der Waals surface area contributed by atoms with Crippen molar-refractivity contribution >= 4 is 11.3 Å². The van der Waals surface area contributed by atoms with E-state index in [0.29, 0.717) is 12.0 Å². The first-order chi connectivity index (χ1) is 7.75. The topological polar surface area (TPSA) is 28.2 Å². The van der Waals surface area contributed by atoms with Crippen LogP contribution in [-0.4, -0.2) is 35.6 Å². The van der Waals surface area contributed by atoms with Gasteiger partial charge in [0.15, 0.2) is 0 Å². The largest absolute Gasteiger partial charge is 0.312 e. The summed E-state index contributed by atoms with van der Waals surface area (Å²) in [6, 6.07) is 0.626. The van der Waals surface area contributed by atoms with Gasteiger partial charge in [0.1, 0.15) is 0 Å². The van der Waals surface area contributed by atoms with Crippen molar-refractivity contribution < 1.29 is 0 Å². The Labute approximate surface area is 102 Å². The number of hydrogen-bond acceptors (Lipinski definition) is 4. The van der Waals surface area contributed by atoms with Gasteiger partial charge < -0.3 is 5.32 Å². The number of aromatic nitrogens is 1. The van der Waals surface area contributed by atoms with Gasteiger partial charge in [-0.15, -0.1) is 11.3 Å². The van der Waals surface area contributed by atoms with Gasteiger partial charge in [-0.2, -0.15) is 0 Å². The standard InChI is InChI=1S/C12H21N3S/c1-10(2)12-7-15(5-3-4-13-12)6-11-8-16-9-14-11/h8-10,12-13H,3-7H2,1-2H3. The molecule has 1 aliphatic rings. The molecule has 16 heavy (non-hydrogen) atoms. The molecule has 2 heterocycles. The van der Waals surface area contributed by atoms with Gasteiger partial charge >= 0.3 is 0 Å². The first-order valence-electron chi connectivity index (χ1n) is 6.08. The summed E-state index contributed by atoms with van der Waals surface area (Å²) in [7, 11) is 0.